The monoisotopic (exact) mass is 439 g/mol. The lowest BCUT2D eigenvalue weighted by molar-refractivity contribution is 0.102. The molecule has 0 bridgehead atoms. The predicted molar refractivity (Wildman–Crippen MR) is 119 cm³/mol. The van der Waals surface area contributed by atoms with Crippen molar-refractivity contribution in [2.75, 3.05) is 5.32 Å². The maximum atomic E-state index is 12.9. The van der Waals surface area contributed by atoms with Crippen molar-refractivity contribution in [2.45, 2.75) is 32.2 Å². The van der Waals surface area contributed by atoms with Gasteiger partial charge in [-0.15, -0.1) is 10.2 Å². The molecular formula is C22H19Cl2N5O. The van der Waals surface area contributed by atoms with Gasteiger partial charge >= 0.3 is 0 Å². The second-order valence-corrected chi connectivity index (χ2v) is 8.26. The fraction of sp³-hybridized carbons (Fsp3) is 0.227. The first kappa shape index (κ1) is 19.2. The number of carbonyl (C=O) groups is 1. The molecular weight excluding hydrogens is 421 g/mol. The summed E-state index contributed by atoms with van der Waals surface area (Å²) in [4.78, 5) is 15.9. The van der Waals surface area contributed by atoms with Crippen LogP contribution in [0.2, 0.25) is 10.0 Å². The van der Waals surface area contributed by atoms with Crippen LogP contribution >= 0.6 is 23.2 Å². The largest absolute Gasteiger partial charge is 0.349 e. The number of amides is 1. The number of hydrogen-bond donors (Lipinski definition) is 2. The molecule has 6 nitrogen and oxygen atoms in total. The molecule has 2 aromatic carbocycles. The van der Waals surface area contributed by atoms with Gasteiger partial charge in [0.2, 0.25) is 0 Å². The zero-order valence-electron chi connectivity index (χ0n) is 16.1. The molecule has 2 aromatic heterocycles. The molecule has 30 heavy (non-hydrogen) atoms. The highest BCUT2D eigenvalue weighted by molar-refractivity contribution is 6.40. The molecule has 0 saturated heterocycles. The minimum Gasteiger partial charge on any atom is -0.349 e. The van der Waals surface area contributed by atoms with E-state index in [1.54, 1.807) is 18.2 Å². The molecule has 5 rings (SSSR count). The van der Waals surface area contributed by atoms with Crippen molar-refractivity contribution < 1.29 is 4.79 Å². The predicted octanol–water partition coefficient (Wildman–Crippen LogP) is 5.71. The lowest BCUT2D eigenvalue weighted by Gasteiger charge is -2.09. The molecule has 1 aliphatic heterocycles. The summed E-state index contributed by atoms with van der Waals surface area (Å²) < 4.78 is 2.19. The molecule has 0 aliphatic carbocycles. The molecule has 3 heterocycles. The van der Waals surface area contributed by atoms with Gasteiger partial charge in [-0.25, -0.2) is 0 Å². The Kier molecular flexibility index (Phi) is 4.97. The first-order chi connectivity index (χ1) is 14.6. The molecule has 1 amide bonds. The Hall–Kier alpha value is -2.83. The van der Waals surface area contributed by atoms with Crippen LogP contribution in [-0.4, -0.2) is 25.7 Å². The van der Waals surface area contributed by atoms with Crippen LogP contribution in [0.1, 0.15) is 35.6 Å². The first-order valence-electron chi connectivity index (χ1n) is 9.91. The van der Waals surface area contributed by atoms with Gasteiger partial charge in [0.15, 0.2) is 5.82 Å². The second kappa shape index (κ2) is 7.78. The number of hydrogen-bond acceptors (Lipinski definition) is 3. The Morgan fingerprint density at radius 2 is 1.97 bits per heavy atom. The van der Waals surface area contributed by atoms with Crippen molar-refractivity contribution in [1.82, 2.24) is 19.7 Å². The number of aromatic amines is 1. The van der Waals surface area contributed by atoms with Crippen LogP contribution in [-0.2, 0) is 13.0 Å². The van der Waals surface area contributed by atoms with Gasteiger partial charge in [-0.1, -0.05) is 41.8 Å². The molecule has 2 N–H and O–H groups in total. The van der Waals surface area contributed by atoms with Crippen molar-refractivity contribution in [2.24, 2.45) is 0 Å². The Labute approximate surface area is 183 Å². The number of H-pyrrole nitrogens is 1. The Balaban J connectivity index is 1.44. The maximum absolute atomic E-state index is 12.9. The summed E-state index contributed by atoms with van der Waals surface area (Å²) in [5.41, 5.74) is 2.64. The van der Waals surface area contributed by atoms with Gasteiger partial charge in [0.1, 0.15) is 11.5 Å². The van der Waals surface area contributed by atoms with E-state index in [1.807, 2.05) is 24.3 Å². The highest BCUT2D eigenvalue weighted by Gasteiger charge is 2.19. The molecule has 0 atom stereocenters. The van der Waals surface area contributed by atoms with Gasteiger partial charge in [-0.05, 0) is 43.2 Å². The van der Waals surface area contributed by atoms with Gasteiger partial charge in [0, 0.05) is 40.1 Å². The fourth-order valence-electron chi connectivity index (χ4n) is 3.92. The minimum atomic E-state index is -0.315. The van der Waals surface area contributed by atoms with E-state index in [2.05, 4.69) is 25.1 Å². The zero-order chi connectivity index (χ0) is 20.7. The summed E-state index contributed by atoms with van der Waals surface area (Å²) in [5.74, 6) is 1.55. The van der Waals surface area contributed by atoms with E-state index in [4.69, 9.17) is 23.2 Å². The number of aryl methyl sites for hydroxylation is 1. The van der Waals surface area contributed by atoms with Gasteiger partial charge < -0.3 is 14.9 Å². The Bertz CT molecular complexity index is 1260. The van der Waals surface area contributed by atoms with E-state index in [9.17, 15) is 4.79 Å². The Morgan fingerprint density at radius 3 is 2.87 bits per heavy atom. The third-order valence-electron chi connectivity index (χ3n) is 5.41. The van der Waals surface area contributed by atoms with E-state index in [0.29, 0.717) is 26.8 Å². The van der Waals surface area contributed by atoms with E-state index in [1.165, 1.54) is 6.42 Å². The highest BCUT2D eigenvalue weighted by Crippen LogP contribution is 2.31. The number of aromatic nitrogens is 4. The summed E-state index contributed by atoms with van der Waals surface area (Å²) in [6.07, 6.45) is 4.42. The van der Waals surface area contributed by atoms with Gasteiger partial charge in [0.25, 0.3) is 5.91 Å². The maximum Gasteiger partial charge on any atom is 0.273 e. The van der Waals surface area contributed by atoms with Crippen LogP contribution in [0.5, 0.6) is 0 Å². The number of anilines is 1. The van der Waals surface area contributed by atoms with Crippen LogP contribution < -0.4 is 5.32 Å². The van der Waals surface area contributed by atoms with E-state index in [-0.39, 0.29) is 5.91 Å². The average Bonchev–Trinajstić information content (AvgIpc) is 3.20. The number of fused-ring (bicyclic) bond motifs is 2. The summed E-state index contributed by atoms with van der Waals surface area (Å²) in [6.45, 7) is 0.918. The van der Waals surface area contributed by atoms with Crippen LogP contribution in [0, 0.1) is 0 Å². The molecule has 4 aromatic rings. The van der Waals surface area contributed by atoms with Gasteiger partial charge in [-0.3, -0.25) is 4.79 Å². The number of halogens is 2. The third-order valence-corrected chi connectivity index (χ3v) is 6.04. The average molecular weight is 440 g/mol. The standard InChI is InChI=1S/C22H19Cl2N5O/c23-14-8-9-17-16(12-14)19(24)20(26-17)22(30)25-15-6-4-5-13(11-15)21-28-27-18-7-2-1-3-10-29(18)21/h4-6,8-9,11-12,26H,1-3,7,10H2,(H,25,30). The van der Waals surface area contributed by atoms with E-state index >= 15 is 0 Å². The van der Waals surface area contributed by atoms with Gasteiger partial charge in [-0.2, -0.15) is 0 Å². The molecule has 0 radical (unpaired) electrons. The minimum absolute atomic E-state index is 0.302. The summed E-state index contributed by atoms with van der Waals surface area (Å²) in [7, 11) is 0. The van der Waals surface area contributed by atoms with Crippen molar-refractivity contribution >= 4 is 45.7 Å². The van der Waals surface area contributed by atoms with Crippen molar-refractivity contribution in [3.63, 3.8) is 0 Å². The number of carbonyl (C=O) groups excluding carboxylic acids is 1. The van der Waals surface area contributed by atoms with Crippen molar-refractivity contribution in [1.29, 1.82) is 0 Å². The van der Waals surface area contributed by atoms with Crippen LogP contribution in [0.15, 0.2) is 42.5 Å². The third kappa shape index (κ3) is 3.46. The normalized spacial score (nSPS) is 13.8. The molecule has 0 spiro atoms. The topological polar surface area (TPSA) is 75.6 Å². The van der Waals surface area contributed by atoms with Crippen molar-refractivity contribution in [3.8, 4) is 11.4 Å². The molecule has 152 valence electrons. The molecule has 0 saturated carbocycles. The number of benzene rings is 2. The highest BCUT2D eigenvalue weighted by atomic mass is 35.5. The Morgan fingerprint density at radius 1 is 1.07 bits per heavy atom. The van der Waals surface area contributed by atoms with Crippen LogP contribution in [0.3, 0.4) is 0 Å². The van der Waals surface area contributed by atoms with E-state index in [0.717, 1.165) is 48.5 Å². The molecule has 0 fully saturated rings. The van der Waals surface area contributed by atoms with Crippen molar-refractivity contribution in [3.05, 3.63) is 64.0 Å². The summed E-state index contributed by atoms with van der Waals surface area (Å²) in [6, 6.07) is 12.9. The van der Waals surface area contributed by atoms with Gasteiger partial charge in [0.05, 0.1) is 5.02 Å². The molecule has 1 aliphatic rings. The quantitative estimate of drug-likeness (QED) is 0.428. The smallest absolute Gasteiger partial charge is 0.273 e. The van der Waals surface area contributed by atoms with Crippen LogP contribution in [0.25, 0.3) is 22.3 Å². The van der Waals surface area contributed by atoms with E-state index < -0.39 is 0 Å². The lowest BCUT2D eigenvalue weighted by Crippen LogP contribution is -2.13. The summed E-state index contributed by atoms with van der Waals surface area (Å²) in [5, 5.41) is 13.3. The zero-order valence-corrected chi connectivity index (χ0v) is 17.6. The first-order valence-corrected chi connectivity index (χ1v) is 10.7. The number of nitrogens with one attached hydrogen (secondary N) is 2. The number of nitrogens with zero attached hydrogens (tertiary/aromatic N) is 3. The van der Waals surface area contributed by atoms with Crippen LogP contribution in [0.4, 0.5) is 5.69 Å². The lowest BCUT2D eigenvalue weighted by atomic mass is 10.1. The second-order valence-electron chi connectivity index (χ2n) is 7.44. The SMILES string of the molecule is O=C(Nc1cccc(-c2nnc3n2CCCCC3)c1)c1[nH]c2ccc(Cl)cc2c1Cl. The molecule has 0 unspecified atom stereocenters. The fourth-order valence-corrected chi connectivity index (χ4v) is 4.38. The summed E-state index contributed by atoms with van der Waals surface area (Å²) >= 11 is 12.5. The molecule has 8 heteroatoms. The number of rotatable bonds is 3.